The summed E-state index contributed by atoms with van der Waals surface area (Å²) in [6.07, 6.45) is 2.06. The van der Waals surface area contributed by atoms with Crippen molar-refractivity contribution in [3.05, 3.63) is 35.4 Å². The van der Waals surface area contributed by atoms with Gasteiger partial charge in [0, 0.05) is 13.1 Å². The number of hydrogen-bond donors (Lipinski definition) is 4. The van der Waals surface area contributed by atoms with Crippen LogP contribution in [0.15, 0.2) is 24.3 Å². The summed E-state index contributed by atoms with van der Waals surface area (Å²) in [5.41, 5.74) is 13.5. The number of benzene rings is 1. The van der Waals surface area contributed by atoms with E-state index in [0.717, 1.165) is 52.1 Å². The summed E-state index contributed by atoms with van der Waals surface area (Å²) < 4.78 is 0. The summed E-state index contributed by atoms with van der Waals surface area (Å²) in [5, 5.41) is 6.74. The van der Waals surface area contributed by atoms with Crippen molar-refractivity contribution in [2.75, 3.05) is 26.2 Å². The van der Waals surface area contributed by atoms with Gasteiger partial charge >= 0.3 is 0 Å². The smallest absolute Gasteiger partial charge is 0.0205 e. The van der Waals surface area contributed by atoms with Crippen molar-refractivity contribution in [1.82, 2.24) is 10.6 Å². The lowest BCUT2D eigenvalue weighted by Crippen LogP contribution is -2.18. The molecule has 0 aliphatic carbocycles. The lowest BCUT2D eigenvalue weighted by molar-refractivity contribution is 0.650. The fraction of sp³-hybridized carbons (Fsp3) is 0.571. The van der Waals surface area contributed by atoms with Crippen LogP contribution in [-0.4, -0.2) is 26.2 Å². The molecule has 18 heavy (non-hydrogen) atoms. The third kappa shape index (κ3) is 6.71. The minimum Gasteiger partial charge on any atom is -0.330 e. The van der Waals surface area contributed by atoms with Crippen molar-refractivity contribution in [3.63, 3.8) is 0 Å². The Morgan fingerprint density at radius 2 is 1.11 bits per heavy atom. The molecular weight excluding hydrogens is 224 g/mol. The van der Waals surface area contributed by atoms with E-state index < -0.39 is 0 Å². The molecule has 1 aromatic rings. The van der Waals surface area contributed by atoms with E-state index in [1.807, 2.05) is 0 Å². The molecular formula is C14H26N4. The molecule has 1 aromatic carbocycles. The van der Waals surface area contributed by atoms with Gasteiger partial charge in [0.25, 0.3) is 0 Å². The van der Waals surface area contributed by atoms with Crippen molar-refractivity contribution in [3.8, 4) is 0 Å². The van der Waals surface area contributed by atoms with E-state index in [9.17, 15) is 0 Å². The molecule has 0 fully saturated rings. The van der Waals surface area contributed by atoms with E-state index in [4.69, 9.17) is 11.5 Å². The maximum atomic E-state index is 5.44. The molecule has 0 unspecified atom stereocenters. The second-order valence-electron chi connectivity index (χ2n) is 4.45. The Balaban J connectivity index is 2.20. The van der Waals surface area contributed by atoms with Crippen LogP contribution in [0, 0.1) is 0 Å². The van der Waals surface area contributed by atoms with E-state index in [-0.39, 0.29) is 0 Å². The molecule has 0 saturated carbocycles. The molecule has 4 heteroatoms. The van der Waals surface area contributed by atoms with Crippen LogP contribution in [0.4, 0.5) is 0 Å². The quantitative estimate of drug-likeness (QED) is 0.458. The van der Waals surface area contributed by atoms with Crippen LogP contribution in [0.1, 0.15) is 24.0 Å². The highest BCUT2D eigenvalue weighted by molar-refractivity contribution is 5.22. The van der Waals surface area contributed by atoms with Crippen LogP contribution in [0.25, 0.3) is 0 Å². The molecule has 0 aliphatic rings. The first-order chi connectivity index (χ1) is 8.86. The molecule has 0 spiro atoms. The van der Waals surface area contributed by atoms with Crippen LogP contribution in [0.3, 0.4) is 0 Å². The van der Waals surface area contributed by atoms with Crippen molar-refractivity contribution in [2.24, 2.45) is 11.5 Å². The fourth-order valence-electron chi connectivity index (χ4n) is 1.69. The average Bonchev–Trinajstić information content (AvgIpc) is 2.41. The van der Waals surface area contributed by atoms with Crippen molar-refractivity contribution >= 4 is 0 Å². The van der Waals surface area contributed by atoms with Gasteiger partial charge < -0.3 is 22.1 Å². The Hall–Kier alpha value is -0.940. The topological polar surface area (TPSA) is 76.1 Å². The fourth-order valence-corrected chi connectivity index (χ4v) is 1.69. The van der Waals surface area contributed by atoms with Crippen molar-refractivity contribution in [1.29, 1.82) is 0 Å². The Morgan fingerprint density at radius 1 is 0.722 bits per heavy atom. The Labute approximate surface area is 110 Å². The first-order valence-electron chi connectivity index (χ1n) is 6.76. The minimum absolute atomic E-state index is 0.750. The van der Waals surface area contributed by atoms with Gasteiger partial charge in [0.15, 0.2) is 0 Å². The maximum absolute atomic E-state index is 5.44. The summed E-state index contributed by atoms with van der Waals surface area (Å²) in [6.45, 7) is 5.31. The second-order valence-corrected chi connectivity index (χ2v) is 4.45. The van der Waals surface area contributed by atoms with Gasteiger partial charge in [-0.05, 0) is 50.1 Å². The van der Waals surface area contributed by atoms with Crippen molar-refractivity contribution in [2.45, 2.75) is 25.9 Å². The van der Waals surface area contributed by atoms with Crippen LogP contribution in [0.2, 0.25) is 0 Å². The molecule has 1 rings (SSSR count). The summed E-state index contributed by atoms with van der Waals surface area (Å²) in [4.78, 5) is 0. The summed E-state index contributed by atoms with van der Waals surface area (Å²) >= 11 is 0. The van der Waals surface area contributed by atoms with E-state index in [2.05, 4.69) is 34.9 Å². The van der Waals surface area contributed by atoms with Crippen LogP contribution < -0.4 is 22.1 Å². The Bertz CT molecular complexity index is 266. The predicted molar refractivity (Wildman–Crippen MR) is 77.2 cm³/mol. The molecule has 6 N–H and O–H groups in total. The van der Waals surface area contributed by atoms with Gasteiger partial charge in [0.05, 0.1) is 0 Å². The van der Waals surface area contributed by atoms with E-state index in [0.29, 0.717) is 0 Å². The summed E-state index contributed by atoms with van der Waals surface area (Å²) in [5.74, 6) is 0. The SMILES string of the molecule is NCCCNCc1ccc(CNCCCN)cc1. The van der Waals surface area contributed by atoms with Crippen LogP contribution in [0.5, 0.6) is 0 Å². The highest BCUT2D eigenvalue weighted by Crippen LogP contribution is 2.04. The molecule has 0 radical (unpaired) electrons. The van der Waals surface area contributed by atoms with Gasteiger partial charge in [-0.1, -0.05) is 24.3 Å². The number of nitrogens with two attached hydrogens (primary N) is 2. The zero-order valence-corrected chi connectivity index (χ0v) is 11.1. The lowest BCUT2D eigenvalue weighted by atomic mass is 10.1. The van der Waals surface area contributed by atoms with Gasteiger partial charge in [-0.2, -0.15) is 0 Å². The average molecular weight is 250 g/mol. The Morgan fingerprint density at radius 3 is 1.44 bits per heavy atom. The summed E-state index contributed by atoms with van der Waals surface area (Å²) in [7, 11) is 0. The number of rotatable bonds is 10. The maximum Gasteiger partial charge on any atom is 0.0205 e. The highest BCUT2D eigenvalue weighted by Gasteiger charge is 1.95. The third-order valence-electron chi connectivity index (χ3n) is 2.80. The van der Waals surface area contributed by atoms with E-state index >= 15 is 0 Å². The minimum atomic E-state index is 0.750. The highest BCUT2D eigenvalue weighted by atomic mass is 14.9. The first-order valence-corrected chi connectivity index (χ1v) is 6.76. The largest absolute Gasteiger partial charge is 0.330 e. The van der Waals surface area contributed by atoms with Crippen LogP contribution >= 0.6 is 0 Å². The zero-order chi connectivity index (χ0) is 13.1. The Kier molecular flexibility index (Phi) is 8.42. The predicted octanol–water partition coefficient (Wildman–Crippen LogP) is 0.563. The van der Waals surface area contributed by atoms with Gasteiger partial charge in [0.2, 0.25) is 0 Å². The first kappa shape index (κ1) is 15.1. The van der Waals surface area contributed by atoms with E-state index in [1.165, 1.54) is 11.1 Å². The molecule has 0 heterocycles. The second kappa shape index (κ2) is 10.0. The number of nitrogens with one attached hydrogen (secondary N) is 2. The normalized spacial score (nSPS) is 10.8. The van der Waals surface area contributed by atoms with Crippen LogP contribution in [-0.2, 0) is 13.1 Å². The van der Waals surface area contributed by atoms with Gasteiger partial charge in [-0.3, -0.25) is 0 Å². The molecule has 102 valence electrons. The molecule has 4 nitrogen and oxygen atoms in total. The molecule has 0 aliphatic heterocycles. The third-order valence-corrected chi connectivity index (χ3v) is 2.80. The monoisotopic (exact) mass is 250 g/mol. The molecule has 0 bridgehead atoms. The van der Waals surface area contributed by atoms with E-state index in [1.54, 1.807) is 0 Å². The molecule has 0 atom stereocenters. The van der Waals surface area contributed by atoms with Gasteiger partial charge in [-0.25, -0.2) is 0 Å². The number of hydrogen-bond acceptors (Lipinski definition) is 4. The van der Waals surface area contributed by atoms with Gasteiger partial charge in [0.1, 0.15) is 0 Å². The molecule has 0 amide bonds. The zero-order valence-electron chi connectivity index (χ0n) is 11.1. The van der Waals surface area contributed by atoms with Crippen molar-refractivity contribution < 1.29 is 0 Å². The molecule has 0 saturated heterocycles. The summed E-state index contributed by atoms with van der Waals surface area (Å²) in [6, 6.07) is 8.70. The molecule has 0 aromatic heterocycles. The van der Waals surface area contributed by atoms with Gasteiger partial charge in [-0.15, -0.1) is 0 Å². The standard InChI is InChI=1S/C14H26N4/c15-7-1-9-17-11-13-3-5-14(6-4-13)12-18-10-2-8-16/h3-6,17-18H,1-2,7-12,15-16H2. The lowest BCUT2D eigenvalue weighted by Gasteiger charge is -2.07.